The Kier molecular flexibility index (Phi) is 7.93. The van der Waals surface area contributed by atoms with E-state index in [4.69, 9.17) is 0 Å². The Bertz CT molecular complexity index is 1020. The van der Waals surface area contributed by atoms with Crippen LogP contribution in [0.25, 0.3) is 0 Å². The smallest absolute Gasteiger partial charge is 0.244 e. The Morgan fingerprint density at radius 1 is 1.03 bits per heavy atom. The molecule has 0 fully saturated rings. The molecule has 0 bridgehead atoms. The minimum Gasteiger partial charge on any atom is -0.321 e. The van der Waals surface area contributed by atoms with Crippen molar-refractivity contribution in [2.24, 2.45) is 5.92 Å². The lowest BCUT2D eigenvalue weighted by Gasteiger charge is -2.28. The van der Waals surface area contributed by atoms with E-state index in [9.17, 15) is 13.6 Å². The number of carbonyl (C=O) groups excluding carboxylic acids is 1. The normalized spacial score (nSPS) is 12.1. The monoisotopic (exact) mass is 458 g/mol. The Balaban J connectivity index is 1.85. The largest absolute Gasteiger partial charge is 0.321 e. The zero-order chi connectivity index (χ0) is 23.3. The summed E-state index contributed by atoms with van der Waals surface area (Å²) in [5, 5.41) is 5.73. The lowest BCUT2D eigenvalue weighted by Crippen LogP contribution is -2.46. The maximum atomic E-state index is 13.5. The number of nitrogens with zero attached hydrogens (tertiary/aromatic N) is 3. The second-order valence-corrected chi connectivity index (χ2v) is 8.87. The first-order valence-corrected chi connectivity index (χ1v) is 11.3. The summed E-state index contributed by atoms with van der Waals surface area (Å²) >= 11 is 1.44. The Morgan fingerprint density at radius 3 is 2.12 bits per heavy atom. The highest BCUT2D eigenvalue weighted by atomic mass is 32.1. The van der Waals surface area contributed by atoms with Crippen LogP contribution in [-0.4, -0.2) is 31.0 Å². The van der Waals surface area contributed by atoms with Gasteiger partial charge in [0, 0.05) is 23.8 Å². The SMILES string of the molecule is CNC(CC(C)C)C(=O)N(Cc1csc(N(C)c2ccc(F)cc2)n1)c1ccc(F)cc1. The molecule has 32 heavy (non-hydrogen) atoms. The number of anilines is 3. The molecule has 8 heteroatoms. The van der Waals surface area contributed by atoms with Crippen LogP contribution in [0.3, 0.4) is 0 Å². The van der Waals surface area contributed by atoms with Gasteiger partial charge in [0.05, 0.1) is 18.3 Å². The maximum absolute atomic E-state index is 13.5. The second-order valence-electron chi connectivity index (χ2n) is 8.03. The van der Waals surface area contributed by atoms with Crippen LogP contribution < -0.4 is 15.1 Å². The van der Waals surface area contributed by atoms with Crippen LogP contribution in [0.2, 0.25) is 0 Å². The highest BCUT2D eigenvalue weighted by Crippen LogP contribution is 2.28. The number of hydrogen-bond donors (Lipinski definition) is 1. The van der Waals surface area contributed by atoms with Crippen molar-refractivity contribution in [2.75, 3.05) is 23.9 Å². The fourth-order valence-corrected chi connectivity index (χ4v) is 4.18. The summed E-state index contributed by atoms with van der Waals surface area (Å²) in [6.07, 6.45) is 0.683. The van der Waals surface area contributed by atoms with Gasteiger partial charge in [-0.05, 0) is 67.9 Å². The summed E-state index contributed by atoms with van der Waals surface area (Å²) in [7, 11) is 3.63. The van der Waals surface area contributed by atoms with Gasteiger partial charge in [0.25, 0.3) is 0 Å². The second kappa shape index (κ2) is 10.7. The molecule has 1 aromatic heterocycles. The lowest BCUT2D eigenvalue weighted by atomic mass is 10.0. The number of benzene rings is 2. The van der Waals surface area contributed by atoms with Crippen molar-refractivity contribution in [1.29, 1.82) is 0 Å². The van der Waals surface area contributed by atoms with Gasteiger partial charge in [0.2, 0.25) is 5.91 Å². The van der Waals surface area contributed by atoms with Crippen molar-refractivity contribution in [3.63, 3.8) is 0 Å². The van der Waals surface area contributed by atoms with E-state index in [-0.39, 0.29) is 30.1 Å². The summed E-state index contributed by atoms with van der Waals surface area (Å²) in [6, 6.07) is 11.7. The van der Waals surface area contributed by atoms with Crippen LogP contribution in [0.1, 0.15) is 26.0 Å². The highest BCUT2D eigenvalue weighted by molar-refractivity contribution is 7.13. The number of amides is 1. The van der Waals surface area contributed by atoms with Gasteiger partial charge in [-0.2, -0.15) is 0 Å². The van der Waals surface area contributed by atoms with Gasteiger partial charge < -0.3 is 15.1 Å². The quantitative estimate of drug-likeness (QED) is 0.469. The van der Waals surface area contributed by atoms with Crippen LogP contribution in [0.5, 0.6) is 0 Å². The van der Waals surface area contributed by atoms with Crippen molar-refractivity contribution >= 4 is 33.8 Å². The van der Waals surface area contributed by atoms with E-state index in [1.54, 1.807) is 36.2 Å². The van der Waals surface area contributed by atoms with Crippen molar-refractivity contribution < 1.29 is 13.6 Å². The molecule has 170 valence electrons. The number of likely N-dealkylation sites (N-methyl/N-ethyl adjacent to an activating group) is 1. The third kappa shape index (κ3) is 5.89. The third-order valence-corrected chi connectivity index (χ3v) is 6.08. The van der Waals surface area contributed by atoms with Crippen LogP contribution in [-0.2, 0) is 11.3 Å². The standard InChI is InChI=1S/C24H28F2N4OS/c1-16(2)13-22(27-3)23(31)30(21-11-7-18(26)8-12-21)14-19-15-32-24(28-19)29(4)20-9-5-17(25)6-10-20/h5-12,15-16,22,27H,13-14H2,1-4H3. The van der Waals surface area contributed by atoms with Gasteiger partial charge in [-0.3, -0.25) is 4.79 Å². The number of carbonyl (C=O) groups is 1. The summed E-state index contributed by atoms with van der Waals surface area (Å²) in [6.45, 7) is 4.39. The molecule has 3 rings (SSSR count). The minimum absolute atomic E-state index is 0.0887. The molecule has 0 aliphatic carbocycles. The van der Waals surface area contributed by atoms with E-state index in [1.807, 2.05) is 17.3 Å². The van der Waals surface area contributed by atoms with E-state index in [0.717, 1.165) is 16.5 Å². The molecule has 1 unspecified atom stereocenters. The molecule has 2 aromatic carbocycles. The summed E-state index contributed by atoms with van der Waals surface area (Å²) < 4.78 is 26.7. The van der Waals surface area contributed by atoms with Gasteiger partial charge in [-0.15, -0.1) is 11.3 Å². The number of halogens is 2. The van der Waals surface area contributed by atoms with E-state index >= 15 is 0 Å². The van der Waals surface area contributed by atoms with Crippen molar-refractivity contribution in [2.45, 2.75) is 32.9 Å². The fraction of sp³-hybridized carbons (Fsp3) is 0.333. The minimum atomic E-state index is -0.361. The average molecular weight is 459 g/mol. The summed E-state index contributed by atoms with van der Waals surface area (Å²) in [5.74, 6) is -0.405. The molecule has 1 N–H and O–H groups in total. The molecule has 1 heterocycles. The summed E-state index contributed by atoms with van der Waals surface area (Å²) in [4.78, 5) is 21.6. The van der Waals surface area contributed by atoms with Crippen LogP contribution in [0.15, 0.2) is 53.9 Å². The number of aromatic nitrogens is 1. The first kappa shape index (κ1) is 23.8. The predicted octanol–water partition coefficient (Wildman–Crippen LogP) is 5.36. The van der Waals surface area contributed by atoms with E-state index in [2.05, 4.69) is 24.1 Å². The molecule has 0 aliphatic heterocycles. The van der Waals surface area contributed by atoms with Gasteiger partial charge in [-0.1, -0.05) is 13.8 Å². The number of thiazole rings is 1. The molecule has 3 aromatic rings. The Hall–Kier alpha value is -2.84. The van der Waals surface area contributed by atoms with Crippen LogP contribution in [0.4, 0.5) is 25.3 Å². The molecule has 0 saturated carbocycles. The average Bonchev–Trinajstić information content (AvgIpc) is 3.24. The first-order chi connectivity index (χ1) is 15.3. The molecule has 0 radical (unpaired) electrons. The van der Waals surface area contributed by atoms with Gasteiger partial charge >= 0.3 is 0 Å². The molecule has 0 spiro atoms. The van der Waals surface area contributed by atoms with Crippen molar-refractivity contribution in [3.05, 3.63) is 71.2 Å². The molecule has 1 amide bonds. The van der Waals surface area contributed by atoms with E-state index in [1.165, 1.54) is 35.6 Å². The lowest BCUT2D eigenvalue weighted by molar-refractivity contribution is -0.121. The fourth-order valence-electron chi connectivity index (χ4n) is 3.38. The molecule has 0 saturated heterocycles. The number of hydrogen-bond acceptors (Lipinski definition) is 5. The maximum Gasteiger partial charge on any atom is 0.244 e. The van der Waals surface area contributed by atoms with Gasteiger partial charge in [0.15, 0.2) is 5.13 Å². The van der Waals surface area contributed by atoms with E-state index in [0.29, 0.717) is 18.0 Å². The first-order valence-electron chi connectivity index (χ1n) is 10.5. The third-order valence-electron chi connectivity index (χ3n) is 5.12. The van der Waals surface area contributed by atoms with Crippen molar-refractivity contribution in [1.82, 2.24) is 10.3 Å². The van der Waals surface area contributed by atoms with E-state index < -0.39 is 0 Å². The van der Waals surface area contributed by atoms with Gasteiger partial charge in [0.1, 0.15) is 11.6 Å². The van der Waals surface area contributed by atoms with Crippen molar-refractivity contribution in [3.8, 4) is 0 Å². The van der Waals surface area contributed by atoms with Crippen LogP contribution >= 0.6 is 11.3 Å². The number of nitrogens with one attached hydrogen (secondary N) is 1. The molecule has 0 aliphatic rings. The number of rotatable bonds is 9. The van der Waals surface area contributed by atoms with Gasteiger partial charge in [-0.25, -0.2) is 13.8 Å². The Morgan fingerprint density at radius 2 is 1.59 bits per heavy atom. The predicted molar refractivity (Wildman–Crippen MR) is 126 cm³/mol. The molecular weight excluding hydrogens is 430 g/mol. The highest BCUT2D eigenvalue weighted by Gasteiger charge is 2.26. The molecule has 5 nitrogen and oxygen atoms in total. The zero-order valence-corrected chi connectivity index (χ0v) is 19.5. The summed E-state index contributed by atoms with van der Waals surface area (Å²) in [5.41, 5.74) is 2.14. The Labute approximate surface area is 191 Å². The van der Waals surface area contributed by atoms with Crippen LogP contribution in [0, 0.1) is 17.6 Å². The molecule has 1 atom stereocenters. The molecular formula is C24H28F2N4OS. The topological polar surface area (TPSA) is 48.5 Å². The zero-order valence-electron chi connectivity index (χ0n) is 18.7.